The molecule has 1 rings (SSSR count). The number of nitrogens with zero attached hydrogens (tertiary/aromatic N) is 1. The molecule has 0 aromatic heterocycles. The van der Waals surface area contributed by atoms with E-state index < -0.39 is 0 Å². The van der Waals surface area contributed by atoms with Crippen molar-refractivity contribution in [2.45, 2.75) is 13.3 Å². The third-order valence-electron chi connectivity index (χ3n) is 2.57. The summed E-state index contributed by atoms with van der Waals surface area (Å²) in [5, 5.41) is 6.05. The van der Waals surface area contributed by atoms with Gasteiger partial charge in [0.1, 0.15) is 0 Å². The summed E-state index contributed by atoms with van der Waals surface area (Å²) in [5.41, 5.74) is 0. The summed E-state index contributed by atoms with van der Waals surface area (Å²) in [6, 6.07) is 0. The maximum absolute atomic E-state index is 11.2. The molecule has 14 heavy (non-hydrogen) atoms. The number of amides is 1. The monoisotopic (exact) mass is 199 g/mol. The van der Waals surface area contributed by atoms with Crippen molar-refractivity contribution >= 4 is 5.91 Å². The Hall–Kier alpha value is -0.610. The fourth-order valence-corrected chi connectivity index (χ4v) is 1.53. The molecule has 82 valence electrons. The molecule has 1 fully saturated rings. The number of hydrogen-bond acceptors (Lipinski definition) is 3. The van der Waals surface area contributed by atoms with Crippen LogP contribution in [0.1, 0.15) is 13.3 Å². The van der Waals surface area contributed by atoms with E-state index in [-0.39, 0.29) is 5.91 Å². The Morgan fingerprint density at radius 2 is 2.29 bits per heavy atom. The Labute approximate surface area is 86.0 Å². The number of carbonyl (C=O) groups is 1. The second kappa shape index (κ2) is 5.98. The largest absolute Gasteiger partial charge is 0.355 e. The fourth-order valence-electron chi connectivity index (χ4n) is 1.53. The lowest BCUT2D eigenvalue weighted by molar-refractivity contribution is -0.121. The number of carbonyl (C=O) groups excluding carboxylic acids is 1. The smallest absolute Gasteiger partial charge is 0.234 e. The molecular weight excluding hydrogens is 178 g/mol. The van der Waals surface area contributed by atoms with E-state index in [0.717, 1.165) is 32.1 Å². The van der Waals surface area contributed by atoms with Gasteiger partial charge in [-0.2, -0.15) is 0 Å². The van der Waals surface area contributed by atoms with Gasteiger partial charge in [-0.3, -0.25) is 9.69 Å². The summed E-state index contributed by atoms with van der Waals surface area (Å²) in [6.07, 6.45) is 1.20. The Bertz CT molecular complexity index is 180. The summed E-state index contributed by atoms with van der Waals surface area (Å²) in [6.45, 7) is 6.50. The highest BCUT2D eigenvalue weighted by atomic mass is 16.1. The molecule has 1 aliphatic rings. The summed E-state index contributed by atoms with van der Waals surface area (Å²) in [4.78, 5) is 13.3. The Morgan fingerprint density at radius 1 is 1.57 bits per heavy atom. The van der Waals surface area contributed by atoms with Gasteiger partial charge >= 0.3 is 0 Å². The topological polar surface area (TPSA) is 44.4 Å². The van der Waals surface area contributed by atoms with Crippen molar-refractivity contribution in [1.82, 2.24) is 15.5 Å². The zero-order chi connectivity index (χ0) is 10.4. The van der Waals surface area contributed by atoms with Gasteiger partial charge in [-0.1, -0.05) is 0 Å². The molecule has 0 bridgehead atoms. The highest BCUT2D eigenvalue weighted by Crippen LogP contribution is 2.08. The van der Waals surface area contributed by atoms with Crippen molar-refractivity contribution in [3.8, 4) is 0 Å². The lowest BCUT2D eigenvalue weighted by Gasteiger charge is -2.28. The average molecular weight is 199 g/mol. The number of nitrogens with one attached hydrogen (secondary N) is 2. The normalized spacial score (nSPS) is 16.8. The number of rotatable bonds is 6. The van der Waals surface area contributed by atoms with Crippen molar-refractivity contribution in [1.29, 1.82) is 0 Å². The molecule has 0 radical (unpaired) electrons. The summed E-state index contributed by atoms with van der Waals surface area (Å²) in [5.74, 6) is 0.952. The van der Waals surface area contributed by atoms with E-state index in [2.05, 4.69) is 15.5 Å². The van der Waals surface area contributed by atoms with Crippen molar-refractivity contribution in [2.24, 2.45) is 5.92 Å². The van der Waals surface area contributed by atoms with E-state index in [1.165, 1.54) is 6.42 Å². The summed E-state index contributed by atoms with van der Waals surface area (Å²) in [7, 11) is 2.00. The molecule has 0 aromatic rings. The van der Waals surface area contributed by atoms with Crippen LogP contribution in [0.25, 0.3) is 0 Å². The number of hydrogen-bond donors (Lipinski definition) is 2. The first-order valence-corrected chi connectivity index (χ1v) is 5.38. The molecule has 4 heteroatoms. The molecule has 0 atom stereocenters. The SMILES string of the molecule is CCNC(=O)CN(C)CCC1CNC1. The minimum Gasteiger partial charge on any atom is -0.355 e. The standard InChI is InChI=1S/C10H21N3O/c1-3-12-10(14)8-13(2)5-4-9-6-11-7-9/h9,11H,3-8H2,1-2H3,(H,12,14). The van der Waals surface area contributed by atoms with Crippen LogP contribution in [0, 0.1) is 5.92 Å². The van der Waals surface area contributed by atoms with Gasteiger partial charge in [-0.05, 0) is 45.9 Å². The Balaban J connectivity index is 2.02. The first-order chi connectivity index (χ1) is 6.72. The van der Waals surface area contributed by atoms with Gasteiger partial charge in [-0.15, -0.1) is 0 Å². The van der Waals surface area contributed by atoms with E-state index in [1.54, 1.807) is 0 Å². The lowest BCUT2D eigenvalue weighted by atomic mass is 9.99. The van der Waals surface area contributed by atoms with Gasteiger partial charge in [0.2, 0.25) is 5.91 Å². The first kappa shape index (κ1) is 11.5. The van der Waals surface area contributed by atoms with Crippen LogP contribution in [0.3, 0.4) is 0 Å². The van der Waals surface area contributed by atoms with Gasteiger partial charge in [0.15, 0.2) is 0 Å². The summed E-state index contributed by atoms with van der Waals surface area (Å²) >= 11 is 0. The molecule has 1 amide bonds. The van der Waals surface area contributed by atoms with Crippen molar-refractivity contribution in [3.63, 3.8) is 0 Å². The van der Waals surface area contributed by atoms with Crippen molar-refractivity contribution in [3.05, 3.63) is 0 Å². The lowest BCUT2D eigenvalue weighted by Crippen LogP contribution is -2.44. The molecular formula is C10H21N3O. The van der Waals surface area contributed by atoms with Crippen LogP contribution in [0.15, 0.2) is 0 Å². The van der Waals surface area contributed by atoms with Crippen LogP contribution in [0.4, 0.5) is 0 Å². The summed E-state index contributed by atoms with van der Waals surface area (Å²) < 4.78 is 0. The van der Waals surface area contributed by atoms with Crippen molar-refractivity contribution < 1.29 is 4.79 Å². The van der Waals surface area contributed by atoms with E-state index >= 15 is 0 Å². The van der Waals surface area contributed by atoms with E-state index in [0.29, 0.717) is 6.54 Å². The van der Waals surface area contributed by atoms with Crippen LogP contribution in [0.2, 0.25) is 0 Å². The highest BCUT2D eigenvalue weighted by molar-refractivity contribution is 5.77. The van der Waals surface area contributed by atoms with Crippen LogP contribution in [-0.4, -0.2) is 50.6 Å². The van der Waals surface area contributed by atoms with Gasteiger partial charge in [-0.25, -0.2) is 0 Å². The zero-order valence-electron chi connectivity index (χ0n) is 9.18. The molecule has 4 nitrogen and oxygen atoms in total. The van der Waals surface area contributed by atoms with Crippen LogP contribution in [-0.2, 0) is 4.79 Å². The van der Waals surface area contributed by atoms with E-state index in [9.17, 15) is 4.79 Å². The molecule has 0 saturated carbocycles. The van der Waals surface area contributed by atoms with Gasteiger partial charge in [0.25, 0.3) is 0 Å². The van der Waals surface area contributed by atoms with Crippen LogP contribution < -0.4 is 10.6 Å². The van der Waals surface area contributed by atoms with Gasteiger partial charge < -0.3 is 10.6 Å². The molecule has 2 N–H and O–H groups in total. The first-order valence-electron chi connectivity index (χ1n) is 5.38. The maximum atomic E-state index is 11.2. The minimum absolute atomic E-state index is 0.127. The molecule has 1 aliphatic heterocycles. The Morgan fingerprint density at radius 3 is 2.79 bits per heavy atom. The fraction of sp³-hybridized carbons (Fsp3) is 0.900. The number of likely N-dealkylation sites (N-methyl/N-ethyl adjacent to an activating group) is 2. The zero-order valence-corrected chi connectivity index (χ0v) is 9.18. The third kappa shape index (κ3) is 4.07. The quantitative estimate of drug-likeness (QED) is 0.615. The maximum Gasteiger partial charge on any atom is 0.234 e. The predicted molar refractivity (Wildman–Crippen MR) is 57.2 cm³/mol. The van der Waals surface area contributed by atoms with Crippen LogP contribution in [0.5, 0.6) is 0 Å². The second-order valence-electron chi connectivity index (χ2n) is 4.00. The molecule has 0 aliphatic carbocycles. The van der Waals surface area contributed by atoms with Gasteiger partial charge in [0, 0.05) is 6.54 Å². The Kier molecular flexibility index (Phi) is 4.90. The van der Waals surface area contributed by atoms with Gasteiger partial charge in [0.05, 0.1) is 6.54 Å². The molecule has 0 aromatic carbocycles. The third-order valence-corrected chi connectivity index (χ3v) is 2.57. The van der Waals surface area contributed by atoms with Crippen LogP contribution >= 0.6 is 0 Å². The predicted octanol–water partition coefficient (Wildman–Crippen LogP) is -0.336. The molecule has 0 spiro atoms. The molecule has 0 unspecified atom stereocenters. The second-order valence-corrected chi connectivity index (χ2v) is 4.00. The average Bonchev–Trinajstić information content (AvgIpc) is 2.01. The molecule has 1 saturated heterocycles. The van der Waals surface area contributed by atoms with Crippen molar-refractivity contribution in [2.75, 3.05) is 39.8 Å². The molecule has 1 heterocycles. The van der Waals surface area contributed by atoms with E-state index in [4.69, 9.17) is 0 Å². The minimum atomic E-state index is 0.127. The highest BCUT2D eigenvalue weighted by Gasteiger charge is 2.17. The van der Waals surface area contributed by atoms with E-state index in [1.807, 2.05) is 14.0 Å².